The first-order valence-corrected chi connectivity index (χ1v) is 9.94. The first kappa shape index (κ1) is 16.4. The minimum Gasteiger partial charge on any atom is -0.384 e. The Morgan fingerprint density at radius 3 is 2.26 bits per heavy atom. The van der Waals surface area contributed by atoms with Gasteiger partial charge in [-0.25, -0.2) is 0 Å². The summed E-state index contributed by atoms with van der Waals surface area (Å²) < 4.78 is 0. The lowest BCUT2D eigenvalue weighted by molar-refractivity contribution is 0.482. The number of anilines is 1. The Morgan fingerprint density at radius 1 is 0.815 bits per heavy atom. The van der Waals surface area contributed by atoms with Crippen molar-refractivity contribution < 1.29 is 0 Å². The van der Waals surface area contributed by atoms with Crippen LogP contribution in [0, 0.1) is 17.8 Å². The van der Waals surface area contributed by atoms with Gasteiger partial charge in [-0.1, -0.05) is 60.7 Å². The molecule has 1 nitrogen and oxygen atoms in total. The van der Waals surface area contributed by atoms with Gasteiger partial charge in [-0.05, 0) is 63.6 Å². The van der Waals surface area contributed by atoms with Crippen molar-refractivity contribution in [3.8, 4) is 0 Å². The molecule has 3 unspecified atom stereocenters. The van der Waals surface area contributed by atoms with E-state index >= 15 is 0 Å². The molecule has 0 aliphatic heterocycles. The van der Waals surface area contributed by atoms with E-state index in [1.807, 2.05) is 0 Å². The Bertz CT molecular complexity index is 1120. The molecular weight excluding hydrogens is 326 g/mol. The van der Waals surface area contributed by atoms with Crippen LogP contribution in [0.3, 0.4) is 0 Å². The second-order valence-corrected chi connectivity index (χ2v) is 7.98. The smallest absolute Gasteiger partial charge is 0.0420 e. The number of benzene rings is 4. The number of hydrogen-bond donors (Lipinski definition) is 1. The normalized spacial score (nSPS) is 22.6. The van der Waals surface area contributed by atoms with Crippen molar-refractivity contribution in [3.05, 3.63) is 79.9 Å². The van der Waals surface area contributed by atoms with Gasteiger partial charge in [0.2, 0.25) is 0 Å². The van der Waals surface area contributed by atoms with Crippen LogP contribution in [0.5, 0.6) is 0 Å². The van der Waals surface area contributed by atoms with Crippen molar-refractivity contribution in [1.82, 2.24) is 0 Å². The molecule has 4 aromatic rings. The third-order valence-corrected chi connectivity index (χ3v) is 6.51. The molecule has 1 heteroatoms. The Balaban J connectivity index is 1.54. The van der Waals surface area contributed by atoms with Gasteiger partial charge in [-0.3, -0.25) is 0 Å². The summed E-state index contributed by atoms with van der Waals surface area (Å²) in [7, 11) is 0. The van der Waals surface area contributed by atoms with Gasteiger partial charge in [-0.2, -0.15) is 0 Å². The summed E-state index contributed by atoms with van der Waals surface area (Å²) in [5.41, 5.74) is 1.24. The summed E-state index contributed by atoms with van der Waals surface area (Å²) in [5, 5.41) is 11.8. The van der Waals surface area contributed by atoms with Crippen molar-refractivity contribution >= 4 is 38.0 Å². The van der Waals surface area contributed by atoms with E-state index < -0.39 is 0 Å². The van der Waals surface area contributed by atoms with Gasteiger partial charge in [-0.15, -0.1) is 13.2 Å². The molecule has 0 aromatic heterocycles. The second-order valence-electron chi connectivity index (χ2n) is 7.98. The molecule has 0 spiro atoms. The fraction of sp³-hybridized carbons (Fsp3) is 0.231. The van der Waals surface area contributed by atoms with E-state index in [-0.39, 0.29) is 0 Å². The molecule has 4 aromatic carbocycles. The summed E-state index contributed by atoms with van der Waals surface area (Å²) in [4.78, 5) is 0. The molecule has 134 valence electrons. The average molecular weight is 351 g/mol. The summed E-state index contributed by atoms with van der Waals surface area (Å²) >= 11 is 0. The fourth-order valence-electron chi connectivity index (χ4n) is 5.05. The summed E-state index contributed by atoms with van der Waals surface area (Å²) in [6, 6.07) is 20.1. The van der Waals surface area contributed by atoms with Crippen LogP contribution < -0.4 is 5.32 Å². The van der Waals surface area contributed by atoms with Gasteiger partial charge < -0.3 is 5.32 Å². The Hall–Kier alpha value is -2.80. The molecule has 27 heavy (non-hydrogen) atoms. The highest BCUT2D eigenvalue weighted by Crippen LogP contribution is 2.40. The van der Waals surface area contributed by atoms with Crippen LogP contribution in [0.2, 0.25) is 0 Å². The van der Waals surface area contributed by atoms with E-state index in [0.29, 0.717) is 17.8 Å². The second kappa shape index (κ2) is 6.42. The standard InChI is InChI=1S/C26H25N/c1-3-17-14-18(4-2)22(15-17)16-27-24-13-11-21-9-8-19-6-5-7-20-10-12-23(24)26(21)25(19)20/h3-13,17-18,22,27H,1-2,14-16H2. The van der Waals surface area contributed by atoms with E-state index in [1.165, 1.54) is 50.8 Å². The van der Waals surface area contributed by atoms with Gasteiger partial charge in [0.05, 0.1) is 0 Å². The molecule has 3 atom stereocenters. The largest absolute Gasteiger partial charge is 0.384 e. The van der Waals surface area contributed by atoms with Crippen molar-refractivity contribution in [1.29, 1.82) is 0 Å². The predicted octanol–water partition coefficient (Wildman–Crippen LogP) is 7.01. The van der Waals surface area contributed by atoms with Gasteiger partial charge in [0, 0.05) is 17.6 Å². The zero-order valence-electron chi connectivity index (χ0n) is 15.6. The van der Waals surface area contributed by atoms with Crippen LogP contribution in [0.4, 0.5) is 5.69 Å². The maximum atomic E-state index is 4.06. The highest BCUT2D eigenvalue weighted by molar-refractivity contribution is 6.25. The highest BCUT2D eigenvalue weighted by Gasteiger charge is 2.30. The zero-order valence-corrected chi connectivity index (χ0v) is 15.6. The molecule has 0 amide bonds. The topological polar surface area (TPSA) is 12.0 Å². The van der Waals surface area contributed by atoms with E-state index in [9.17, 15) is 0 Å². The first-order valence-electron chi connectivity index (χ1n) is 9.94. The lowest BCUT2D eigenvalue weighted by atomic mass is 9.93. The molecule has 1 aliphatic rings. The molecule has 1 aliphatic carbocycles. The van der Waals surface area contributed by atoms with E-state index in [4.69, 9.17) is 0 Å². The molecule has 0 saturated heterocycles. The first-order chi connectivity index (χ1) is 13.3. The Labute approximate surface area is 160 Å². The Morgan fingerprint density at radius 2 is 1.52 bits per heavy atom. The van der Waals surface area contributed by atoms with E-state index in [1.54, 1.807) is 0 Å². The maximum Gasteiger partial charge on any atom is 0.0420 e. The highest BCUT2D eigenvalue weighted by atomic mass is 14.9. The summed E-state index contributed by atoms with van der Waals surface area (Å²) in [6.07, 6.45) is 6.66. The number of allylic oxidation sites excluding steroid dienone is 2. The minimum absolute atomic E-state index is 0.584. The molecule has 0 bridgehead atoms. The van der Waals surface area contributed by atoms with Gasteiger partial charge in [0.25, 0.3) is 0 Å². The Kier molecular flexibility index (Phi) is 3.89. The van der Waals surface area contributed by atoms with Gasteiger partial charge >= 0.3 is 0 Å². The zero-order chi connectivity index (χ0) is 18.4. The van der Waals surface area contributed by atoms with Crippen LogP contribution in [-0.4, -0.2) is 6.54 Å². The lowest BCUT2D eigenvalue weighted by Gasteiger charge is -2.19. The molecule has 1 saturated carbocycles. The van der Waals surface area contributed by atoms with Gasteiger partial charge in [0.15, 0.2) is 0 Å². The number of rotatable bonds is 5. The van der Waals surface area contributed by atoms with Crippen molar-refractivity contribution in [2.75, 3.05) is 11.9 Å². The van der Waals surface area contributed by atoms with Crippen molar-refractivity contribution in [2.24, 2.45) is 17.8 Å². The number of nitrogens with one attached hydrogen (secondary N) is 1. The molecule has 0 heterocycles. The van der Waals surface area contributed by atoms with Crippen molar-refractivity contribution in [2.45, 2.75) is 12.8 Å². The maximum absolute atomic E-state index is 4.06. The number of hydrogen-bond acceptors (Lipinski definition) is 1. The molecule has 1 N–H and O–H groups in total. The van der Waals surface area contributed by atoms with E-state index in [0.717, 1.165) is 6.54 Å². The molecule has 0 radical (unpaired) electrons. The third-order valence-electron chi connectivity index (χ3n) is 6.51. The fourth-order valence-corrected chi connectivity index (χ4v) is 5.05. The monoisotopic (exact) mass is 351 g/mol. The summed E-state index contributed by atoms with van der Waals surface area (Å²) in [5.74, 6) is 1.84. The van der Waals surface area contributed by atoms with Crippen LogP contribution in [0.15, 0.2) is 79.9 Å². The average Bonchev–Trinajstić information content (AvgIpc) is 3.13. The lowest BCUT2D eigenvalue weighted by Crippen LogP contribution is -2.17. The quantitative estimate of drug-likeness (QED) is 0.301. The molecule has 1 fully saturated rings. The summed E-state index contributed by atoms with van der Waals surface area (Å²) in [6.45, 7) is 9.05. The third kappa shape index (κ3) is 2.61. The van der Waals surface area contributed by atoms with E-state index in [2.05, 4.69) is 85.2 Å². The van der Waals surface area contributed by atoms with Crippen LogP contribution in [-0.2, 0) is 0 Å². The van der Waals surface area contributed by atoms with Crippen LogP contribution in [0.1, 0.15) is 12.8 Å². The molecule has 5 rings (SSSR count). The SMILES string of the molecule is C=CC1CC(C=C)C(CNc2ccc3ccc4cccc5ccc2c3c45)C1. The minimum atomic E-state index is 0.584. The van der Waals surface area contributed by atoms with Crippen molar-refractivity contribution in [3.63, 3.8) is 0 Å². The van der Waals surface area contributed by atoms with Crippen LogP contribution in [0.25, 0.3) is 32.3 Å². The predicted molar refractivity (Wildman–Crippen MR) is 119 cm³/mol. The van der Waals surface area contributed by atoms with Gasteiger partial charge in [0.1, 0.15) is 0 Å². The molecular formula is C26H25N. The van der Waals surface area contributed by atoms with Crippen LogP contribution >= 0.6 is 0 Å².